The predicted molar refractivity (Wildman–Crippen MR) is 111 cm³/mol. The van der Waals surface area contributed by atoms with Gasteiger partial charge in [-0.25, -0.2) is 8.42 Å². The van der Waals surface area contributed by atoms with E-state index in [1.54, 1.807) is 50.4 Å². The Hall–Kier alpha value is -2.38. The lowest BCUT2D eigenvalue weighted by Crippen LogP contribution is -2.44. The molecule has 0 fully saturated rings. The van der Waals surface area contributed by atoms with Crippen molar-refractivity contribution >= 4 is 21.6 Å². The van der Waals surface area contributed by atoms with Crippen molar-refractivity contribution in [3.8, 4) is 0 Å². The average molecular weight is 405 g/mol. The third-order valence-corrected chi connectivity index (χ3v) is 6.29. The lowest BCUT2D eigenvalue weighted by atomic mass is 10.1. The summed E-state index contributed by atoms with van der Waals surface area (Å²) in [7, 11) is -2.35. The average Bonchev–Trinajstić information content (AvgIpc) is 2.62. The predicted octanol–water partition coefficient (Wildman–Crippen LogP) is 2.96. The van der Waals surface area contributed by atoms with Crippen LogP contribution >= 0.6 is 0 Å². The Labute approximate surface area is 167 Å². The van der Waals surface area contributed by atoms with Crippen LogP contribution in [0.25, 0.3) is 0 Å². The zero-order valence-electron chi connectivity index (χ0n) is 17.0. The fourth-order valence-corrected chi connectivity index (χ4v) is 4.19. The van der Waals surface area contributed by atoms with Crippen LogP contribution in [-0.4, -0.2) is 40.6 Å². The van der Waals surface area contributed by atoms with E-state index in [2.05, 4.69) is 5.32 Å². The molecule has 152 valence electrons. The summed E-state index contributed by atoms with van der Waals surface area (Å²) in [6.07, 6.45) is 0. The number of anilines is 1. The second kappa shape index (κ2) is 9.21. The van der Waals surface area contributed by atoms with Gasteiger partial charge in [0.25, 0.3) is 10.0 Å². The lowest BCUT2D eigenvalue weighted by Gasteiger charge is -2.25. The molecule has 0 unspecified atom stereocenters. The number of hydrogen-bond donors (Lipinski definition) is 1. The number of hydrogen-bond acceptors (Lipinski definition) is 4. The van der Waals surface area contributed by atoms with Crippen molar-refractivity contribution < 1.29 is 17.9 Å². The Morgan fingerprint density at radius 1 is 1.07 bits per heavy atom. The lowest BCUT2D eigenvalue weighted by molar-refractivity contribution is -0.120. The smallest absolute Gasteiger partial charge is 0.264 e. The summed E-state index contributed by atoms with van der Waals surface area (Å²) in [5, 5.41) is 2.77. The first-order valence-corrected chi connectivity index (χ1v) is 10.5. The van der Waals surface area contributed by atoms with Gasteiger partial charge in [-0.2, -0.15) is 0 Å². The molecule has 2 aromatic carbocycles. The van der Waals surface area contributed by atoms with Crippen molar-refractivity contribution in [2.45, 2.75) is 38.6 Å². The number of rotatable bonds is 8. The third kappa shape index (κ3) is 5.33. The molecule has 0 aliphatic carbocycles. The highest BCUT2D eigenvalue weighted by Crippen LogP contribution is 2.26. The molecule has 0 heterocycles. The molecular weight excluding hydrogens is 376 g/mol. The number of aryl methyl sites for hydroxylation is 3. The minimum absolute atomic E-state index is 0.147. The summed E-state index contributed by atoms with van der Waals surface area (Å²) < 4.78 is 32.8. The molecule has 1 N–H and O–H groups in total. The van der Waals surface area contributed by atoms with Crippen LogP contribution in [0.4, 0.5) is 5.69 Å². The van der Waals surface area contributed by atoms with Crippen molar-refractivity contribution in [3.63, 3.8) is 0 Å². The summed E-state index contributed by atoms with van der Waals surface area (Å²) in [5.74, 6) is -0.390. The van der Waals surface area contributed by atoms with Crippen LogP contribution in [0.2, 0.25) is 0 Å². The molecule has 1 amide bonds. The maximum Gasteiger partial charge on any atom is 0.264 e. The topological polar surface area (TPSA) is 75.7 Å². The van der Waals surface area contributed by atoms with E-state index in [4.69, 9.17) is 4.74 Å². The molecule has 0 saturated heterocycles. The highest BCUT2D eigenvalue weighted by Gasteiger charge is 2.27. The molecule has 28 heavy (non-hydrogen) atoms. The maximum absolute atomic E-state index is 13.3. The number of sulfonamides is 1. The van der Waals surface area contributed by atoms with Crippen molar-refractivity contribution in [3.05, 3.63) is 59.2 Å². The number of nitrogens with zero attached hydrogens (tertiary/aromatic N) is 1. The number of ether oxygens (including phenoxy) is 1. The monoisotopic (exact) mass is 404 g/mol. The molecule has 7 heteroatoms. The molecular formula is C21H28N2O4S. The van der Waals surface area contributed by atoms with Gasteiger partial charge in [-0.05, 0) is 63.1 Å². The van der Waals surface area contributed by atoms with Gasteiger partial charge in [-0.3, -0.25) is 9.10 Å². The second-order valence-corrected chi connectivity index (χ2v) is 8.88. The zero-order chi connectivity index (χ0) is 20.9. The Morgan fingerprint density at radius 3 is 2.29 bits per heavy atom. The molecule has 0 saturated carbocycles. The standard InChI is InChI=1S/C21H28N2O4S/c1-15-6-10-20(11-7-15)28(25,26)23(13-21(24)22-18(4)14-27-5)19-9-8-16(2)17(3)12-19/h6-12,18H,13-14H2,1-5H3,(H,22,24)/t18-/m0/s1. The summed E-state index contributed by atoms with van der Waals surface area (Å²) >= 11 is 0. The SMILES string of the molecule is COC[C@H](C)NC(=O)CN(c1ccc(C)c(C)c1)S(=O)(=O)c1ccc(C)cc1. The van der Waals surface area contributed by atoms with Crippen molar-refractivity contribution in [1.82, 2.24) is 5.32 Å². The molecule has 6 nitrogen and oxygen atoms in total. The molecule has 0 radical (unpaired) electrons. The molecule has 1 atom stereocenters. The van der Waals surface area contributed by atoms with Crippen LogP contribution in [0.3, 0.4) is 0 Å². The zero-order valence-corrected chi connectivity index (χ0v) is 17.8. The van der Waals surface area contributed by atoms with Crippen molar-refractivity contribution in [2.75, 3.05) is 24.6 Å². The van der Waals surface area contributed by atoms with Gasteiger partial charge in [-0.1, -0.05) is 23.8 Å². The van der Waals surface area contributed by atoms with Gasteiger partial charge in [0.2, 0.25) is 5.91 Å². The Kier molecular flexibility index (Phi) is 7.21. The van der Waals surface area contributed by atoms with E-state index in [9.17, 15) is 13.2 Å². The Bertz CT molecular complexity index is 924. The number of methoxy groups -OCH3 is 1. The number of benzene rings is 2. The van der Waals surface area contributed by atoms with Gasteiger partial charge < -0.3 is 10.1 Å². The molecule has 0 aromatic heterocycles. The van der Waals surface area contributed by atoms with Gasteiger partial charge in [0.05, 0.1) is 17.2 Å². The normalized spacial score (nSPS) is 12.5. The van der Waals surface area contributed by atoms with E-state index in [-0.39, 0.29) is 17.5 Å². The van der Waals surface area contributed by atoms with Crippen LogP contribution in [0.15, 0.2) is 47.4 Å². The summed E-state index contributed by atoms with van der Waals surface area (Å²) in [5.41, 5.74) is 3.42. The van der Waals surface area contributed by atoms with Gasteiger partial charge in [0, 0.05) is 13.2 Å². The van der Waals surface area contributed by atoms with Gasteiger partial charge >= 0.3 is 0 Å². The number of nitrogens with one attached hydrogen (secondary N) is 1. The first-order chi connectivity index (χ1) is 13.1. The molecule has 2 rings (SSSR count). The quantitative estimate of drug-likeness (QED) is 0.734. The first kappa shape index (κ1) is 21.9. The Morgan fingerprint density at radius 2 is 1.71 bits per heavy atom. The maximum atomic E-state index is 13.3. The number of carbonyl (C=O) groups is 1. The van der Waals surface area contributed by atoms with Crippen LogP contribution < -0.4 is 9.62 Å². The van der Waals surface area contributed by atoms with E-state index in [0.29, 0.717) is 12.3 Å². The van der Waals surface area contributed by atoms with Crippen molar-refractivity contribution in [1.29, 1.82) is 0 Å². The summed E-state index contributed by atoms with van der Waals surface area (Å²) in [6, 6.07) is 11.7. The fraction of sp³-hybridized carbons (Fsp3) is 0.381. The molecule has 0 aliphatic rings. The van der Waals surface area contributed by atoms with Crippen LogP contribution in [0.1, 0.15) is 23.6 Å². The van der Waals surface area contributed by atoms with Crippen LogP contribution in [0, 0.1) is 20.8 Å². The minimum atomic E-state index is -3.90. The van der Waals surface area contributed by atoms with E-state index in [0.717, 1.165) is 21.0 Å². The highest BCUT2D eigenvalue weighted by atomic mass is 32.2. The summed E-state index contributed by atoms with van der Waals surface area (Å²) in [4.78, 5) is 12.7. The number of carbonyl (C=O) groups excluding carboxylic acids is 1. The van der Waals surface area contributed by atoms with E-state index in [1.807, 2.05) is 26.8 Å². The van der Waals surface area contributed by atoms with Gasteiger partial charge in [0.1, 0.15) is 6.54 Å². The van der Waals surface area contributed by atoms with Crippen molar-refractivity contribution in [2.24, 2.45) is 0 Å². The van der Waals surface area contributed by atoms with E-state index < -0.39 is 15.9 Å². The van der Waals surface area contributed by atoms with Gasteiger partial charge in [-0.15, -0.1) is 0 Å². The second-order valence-electron chi connectivity index (χ2n) is 7.02. The van der Waals surface area contributed by atoms with E-state index in [1.165, 1.54) is 0 Å². The van der Waals surface area contributed by atoms with Crippen LogP contribution in [0.5, 0.6) is 0 Å². The Balaban J connectivity index is 2.42. The molecule has 0 spiro atoms. The molecule has 0 bridgehead atoms. The highest BCUT2D eigenvalue weighted by molar-refractivity contribution is 7.92. The van der Waals surface area contributed by atoms with Gasteiger partial charge in [0.15, 0.2) is 0 Å². The molecule has 0 aliphatic heterocycles. The van der Waals surface area contributed by atoms with Crippen LogP contribution in [-0.2, 0) is 19.6 Å². The molecule has 2 aromatic rings. The third-order valence-electron chi connectivity index (χ3n) is 4.50. The largest absolute Gasteiger partial charge is 0.383 e. The number of amides is 1. The minimum Gasteiger partial charge on any atom is -0.383 e. The van der Waals surface area contributed by atoms with E-state index >= 15 is 0 Å². The fourth-order valence-electron chi connectivity index (χ4n) is 2.78. The summed E-state index contributed by atoms with van der Waals surface area (Å²) in [6.45, 7) is 7.60. The first-order valence-electron chi connectivity index (χ1n) is 9.10.